The third-order valence-electron chi connectivity index (χ3n) is 6.21. The molecular weight excluding hydrogens is 548 g/mol. The Kier molecular flexibility index (Phi) is 8.49. The van der Waals surface area contributed by atoms with Crippen LogP contribution in [0.2, 0.25) is 0 Å². The van der Waals surface area contributed by atoms with Crippen LogP contribution in [0.5, 0.6) is 0 Å². The molecule has 0 aromatic carbocycles. The number of carbonyl (C=O) groups is 4. The normalized spacial score (nSPS) is 19.4. The van der Waals surface area contributed by atoms with Crippen molar-refractivity contribution in [3.8, 4) is 0 Å². The second kappa shape index (κ2) is 12.7. The van der Waals surface area contributed by atoms with E-state index < -0.39 is 55.0 Å². The molecule has 0 spiro atoms. The molecule has 1 aliphatic heterocycles. The van der Waals surface area contributed by atoms with E-state index in [0.717, 1.165) is 0 Å². The van der Waals surface area contributed by atoms with Gasteiger partial charge in [-0.15, -0.1) is 0 Å². The Morgan fingerprint density at radius 1 is 0.738 bits per heavy atom. The molecule has 0 radical (unpaired) electrons. The summed E-state index contributed by atoms with van der Waals surface area (Å²) in [6.07, 6.45) is 6.25. The third-order valence-corrected chi connectivity index (χ3v) is 6.21. The van der Waals surface area contributed by atoms with Crippen molar-refractivity contribution in [2.45, 2.75) is 24.5 Å². The van der Waals surface area contributed by atoms with Crippen LogP contribution >= 0.6 is 0 Å². The number of aromatic nitrogens is 4. The van der Waals surface area contributed by atoms with Crippen molar-refractivity contribution >= 4 is 23.9 Å². The molecule has 4 aromatic rings. The van der Waals surface area contributed by atoms with Crippen molar-refractivity contribution in [2.24, 2.45) is 0 Å². The molecule has 1 fully saturated rings. The van der Waals surface area contributed by atoms with E-state index in [1.165, 1.54) is 84.5 Å². The van der Waals surface area contributed by atoms with Crippen LogP contribution in [0.4, 0.5) is 0 Å². The summed E-state index contributed by atoms with van der Waals surface area (Å²) in [5, 5.41) is 9.53. The first kappa shape index (κ1) is 28.0. The highest BCUT2D eigenvalue weighted by molar-refractivity contribution is 5.90. The van der Waals surface area contributed by atoms with E-state index >= 15 is 0 Å². The highest BCUT2D eigenvalue weighted by Gasteiger charge is 2.55. The second-order valence-corrected chi connectivity index (χ2v) is 8.97. The summed E-state index contributed by atoms with van der Waals surface area (Å²) < 4.78 is 24.6. The van der Waals surface area contributed by atoms with E-state index in [0.29, 0.717) is 0 Å². The summed E-state index contributed by atoms with van der Waals surface area (Å²) >= 11 is 0. The minimum Gasteiger partial charge on any atom is -0.477 e. The molecule has 1 saturated heterocycles. The Morgan fingerprint density at radius 2 is 1.26 bits per heavy atom. The zero-order valence-electron chi connectivity index (χ0n) is 21.8. The number of nitrogens with zero attached hydrogens (tertiary/aromatic N) is 4. The number of carboxylic acid groups (broad SMARTS) is 1. The zero-order chi connectivity index (χ0) is 29.5. The standard InChI is InChI=1S/C29H22N4O9/c34-26(35)21-8-4-12-33(16-21)25-24(42-29(38)20-7-3-11-32-15-20)23(41-28(37)19-6-2-10-31-14-19)22(40-25)17-39-27(36)18-5-1-9-30-13-18/h1-16,22-25H,17H2/p+1/t22-,23-,24-,25-/m1/s1. The molecule has 212 valence electrons. The molecule has 5 rings (SSSR count). The van der Waals surface area contributed by atoms with Crippen molar-refractivity contribution in [2.75, 3.05) is 6.61 Å². The summed E-state index contributed by atoms with van der Waals surface area (Å²) in [4.78, 5) is 62.4. The summed E-state index contributed by atoms with van der Waals surface area (Å²) in [5.41, 5.74) is 0.335. The van der Waals surface area contributed by atoms with Crippen LogP contribution in [0.1, 0.15) is 47.7 Å². The van der Waals surface area contributed by atoms with Crippen molar-refractivity contribution in [1.29, 1.82) is 0 Å². The monoisotopic (exact) mass is 571 g/mol. The topological polar surface area (TPSA) is 168 Å². The third kappa shape index (κ3) is 6.42. The van der Waals surface area contributed by atoms with Gasteiger partial charge in [0.15, 0.2) is 18.5 Å². The predicted octanol–water partition coefficient (Wildman–Crippen LogP) is 2.06. The first-order valence-corrected chi connectivity index (χ1v) is 12.6. The van der Waals surface area contributed by atoms with Crippen molar-refractivity contribution in [3.05, 3.63) is 120 Å². The van der Waals surface area contributed by atoms with Gasteiger partial charge in [-0.25, -0.2) is 19.2 Å². The number of esters is 3. The molecule has 0 amide bonds. The van der Waals surface area contributed by atoms with Crippen LogP contribution in [0, 0.1) is 0 Å². The van der Waals surface area contributed by atoms with E-state index in [2.05, 4.69) is 15.0 Å². The molecule has 0 unspecified atom stereocenters. The number of ether oxygens (including phenoxy) is 4. The number of hydrogen-bond donors (Lipinski definition) is 1. The second-order valence-electron chi connectivity index (χ2n) is 8.97. The molecule has 0 bridgehead atoms. The fraction of sp³-hybridized carbons (Fsp3) is 0.172. The highest BCUT2D eigenvalue weighted by Crippen LogP contribution is 2.32. The summed E-state index contributed by atoms with van der Waals surface area (Å²) in [5.74, 6) is -3.51. The van der Waals surface area contributed by atoms with E-state index in [1.807, 2.05) is 0 Å². The molecule has 13 heteroatoms. The lowest BCUT2D eigenvalue weighted by Crippen LogP contribution is -2.49. The van der Waals surface area contributed by atoms with E-state index in [4.69, 9.17) is 18.9 Å². The van der Waals surface area contributed by atoms with Gasteiger partial charge in [0.2, 0.25) is 6.10 Å². The minimum absolute atomic E-state index is 0.0752. The van der Waals surface area contributed by atoms with E-state index in [9.17, 15) is 24.3 Å². The molecule has 13 nitrogen and oxygen atoms in total. The zero-order valence-corrected chi connectivity index (χ0v) is 21.8. The van der Waals surface area contributed by atoms with Crippen molar-refractivity contribution < 1.29 is 47.8 Å². The van der Waals surface area contributed by atoms with Gasteiger partial charge in [-0.05, 0) is 42.5 Å². The fourth-order valence-electron chi connectivity index (χ4n) is 4.20. The average Bonchev–Trinajstić information content (AvgIpc) is 3.37. The van der Waals surface area contributed by atoms with Gasteiger partial charge in [-0.3, -0.25) is 15.0 Å². The molecule has 4 aromatic heterocycles. The number of aromatic carboxylic acids is 1. The number of pyridine rings is 4. The Labute approximate surface area is 238 Å². The maximum Gasteiger partial charge on any atom is 0.341 e. The van der Waals surface area contributed by atoms with Crippen molar-refractivity contribution in [1.82, 2.24) is 15.0 Å². The van der Waals surface area contributed by atoms with Gasteiger partial charge in [0.05, 0.1) is 16.7 Å². The molecule has 0 aliphatic carbocycles. The molecular formula is C29H23N4O9+. The van der Waals surface area contributed by atoms with Crippen LogP contribution < -0.4 is 4.57 Å². The van der Waals surface area contributed by atoms with Gasteiger partial charge in [-0.1, -0.05) is 0 Å². The fourth-order valence-corrected chi connectivity index (χ4v) is 4.20. The number of carbonyl (C=O) groups excluding carboxylic acids is 3. The van der Waals surface area contributed by atoms with Gasteiger partial charge in [0.25, 0.3) is 0 Å². The van der Waals surface area contributed by atoms with Crippen molar-refractivity contribution in [3.63, 3.8) is 0 Å². The quantitative estimate of drug-likeness (QED) is 0.177. The molecule has 5 heterocycles. The molecule has 0 saturated carbocycles. The Hall–Kier alpha value is -5.56. The van der Waals surface area contributed by atoms with Crippen LogP contribution in [0.25, 0.3) is 0 Å². The van der Waals surface area contributed by atoms with Gasteiger partial charge >= 0.3 is 30.1 Å². The minimum atomic E-state index is -1.31. The number of carboxylic acids is 1. The van der Waals surface area contributed by atoms with Gasteiger partial charge in [0.1, 0.15) is 18.3 Å². The number of hydrogen-bond acceptors (Lipinski definition) is 11. The highest BCUT2D eigenvalue weighted by atomic mass is 16.7. The van der Waals surface area contributed by atoms with Gasteiger partial charge < -0.3 is 24.1 Å². The summed E-state index contributed by atoms with van der Waals surface area (Å²) in [7, 11) is 0. The van der Waals surface area contributed by atoms with E-state index in [-0.39, 0.29) is 22.3 Å². The molecule has 42 heavy (non-hydrogen) atoms. The van der Waals surface area contributed by atoms with Gasteiger partial charge in [-0.2, -0.15) is 4.57 Å². The Morgan fingerprint density at radius 3 is 1.79 bits per heavy atom. The lowest BCUT2D eigenvalue weighted by Gasteiger charge is -2.22. The summed E-state index contributed by atoms with van der Waals surface area (Å²) in [6.45, 7) is -0.407. The first-order valence-electron chi connectivity index (χ1n) is 12.6. The summed E-state index contributed by atoms with van der Waals surface area (Å²) in [6, 6.07) is 12.0. The van der Waals surface area contributed by atoms with Gasteiger partial charge in [0, 0.05) is 43.2 Å². The maximum absolute atomic E-state index is 13.1. The lowest BCUT2D eigenvalue weighted by atomic mass is 10.1. The molecule has 1 aliphatic rings. The van der Waals surface area contributed by atoms with Crippen LogP contribution in [-0.4, -0.2) is 68.9 Å². The SMILES string of the molecule is O=C(O)c1ccc[n+]([C@@H]2O[C@H](COC(=O)c3cccnc3)[C@@H](OC(=O)c3cccnc3)[C@H]2OC(=O)c2cccnc2)c1. The molecule has 1 N–H and O–H groups in total. The number of rotatable bonds is 9. The Bertz CT molecular complexity index is 1570. The van der Waals surface area contributed by atoms with Crippen LogP contribution in [0.15, 0.2) is 98.1 Å². The predicted molar refractivity (Wildman–Crippen MR) is 139 cm³/mol. The largest absolute Gasteiger partial charge is 0.477 e. The smallest absolute Gasteiger partial charge is 0.341 e. The molecule has 4 atom stereocenters. The lowest BCUT2D eigenvalue weighted by molar-refractivity contribution is -0.765. The van der Waals surface area contributed by atoms with Crippen LogP contribution in [-0.2, 0) is 18.9 Å². The van der Waals surface area contributed by atoms with E-state index in [1.54, 1.807) is 18.2 Å². The average molecular weight is 572 g/mol. The Balaban J connectivity index is 1.49. The van der Waals surface area contributed by atoms with Crippen LogP contribution in [0.3, 0.4) is 0 Å². The first-order chi connectivity index (χ1) is 20.4. The maximum atomic E-state index is 13.1.